The molecule has 8 heteroatoms. The third kappa shape index (κ3) is 5.86. The van der Waals surface area contributed by atoms with E-state index in [2.05, 4.69) is 0 Å². The van der Waals surface area contributed by atoms with Crippen LogP contribution in [0, 0.1) is 27.7 Å². The molecule has 0 atom stereocenters. The van der Waals surface area contributed by atoms with Gasteiger partial charge in [-0.25, -0.2) is 4.79 Å². The molecule has 0 aliphatic heterocycles. The van der Waals surface area contributed by atoms with Gasteiger partial charge in [0.2, 0.25) is 0 Å². The van der Waals surface area contributed by atoms with Crippen LogP contribution in [0.4, 0.5) is 13.2 Å². The van der Waals surface area contributed by atoms with E-state index in [0.717, 1.165) is 14.7 Å². The van der Waals surface area contributed by atoms with Crippen molar-refractivity contribution in [1.29, 1.82) is 0 Å². The average Bonchev–Trinajstić information content (AvgIpc) is 2.75. The first-order valence-corrected chi connectivity index (χ1v) is 11.8. The Morgan fingerprint density at radius 1 is 0.824 bits per heavy atom. The van der Waals surface area contributed by atoms with Crippen LogP contribution in [0.1, 0.15) is 39.0 Å². The number of aryl methyl sites for hydroxylation is 4. The number of hydrogen-bond acceptors (Lipinski definition) is 4. The van der Waals surface area contributed by atoms with Crippen molar-refractivity contribution in [3.63, 3.8) is 0 Å². The highest BCUT2D eigenvalue weighted by molar-refractivity contribution is 7.97. The van der Waals surface area contributed by atoms with Crippen LogP contribution in [0.5, 0.6) is 11.5 Å². The molecule has 34 heavy (non-hydrogen) atoms. The number of rotatable bonds is 6. The molecule has 0 aliphatic rings. The van der Waals surface area contributed by atoms with Gasteiger partial charge in [-0.1, -0.05) is 6.07 Å². The minimum Gasteiger partial charge on any atom is -0.507 e. The first-order valence-electron chi connectivity index (χ1n) is 10.6. The van der Waals surface area contributed by atoms with Gasteiger partial charge in [0.05, 0.1) is 22.9 Å². The summed E-state index contributed by atoms with van der Waals surface area (Å²) in [6.45, 7) is 6.46. The second-order valence-electron chi connectivity index (χ2n) is 8.15. The van der Waals surface area contributed by atoms with Crippen LogP contribution in [-0.4, -0.2) is 29.0 Å². The first-order chi connectivity index (χ1) is 15.9. The quantitative estimate of drug-likeness (QED) is 0.304. The standard InChI is InChI=1S/C26H25F3O4S/c1-15-10-21(11-16(2)23(15)30)34(22-12-17(3)24(31)18(4)13-22)20-7-5-6-19(14-20)25(32)33-9-8-26(27,28)29/h5-7,10-14H,8-9H2,1-4H3,(H-,30,31)/p+1. The lowest BCUT2D eigenvalue weighted by molar-refractivity contribution is -0.141. The molecule has 2 N–H and O–H groups in total. The molecule has 4 nitrogen and oxygen atoms in total. The van der Waals surface area contributed by atoms with E-state index >= 15 is 0 Å². The predicted molar refractivity (Wildman–Crippen MR) is 125 cm³/mol. The normalized spacial score (nSPS) is 11.6. The fourth-order valence-corrected chi connectivity index (χ4v) is 6.02. The molecule has 0 amide bonds. The van der Waals surface area contributed by atoms with Crippen LogP contribution in [0.3, 0.4) is 0 Å². The molecule has 180 valence electrons. The Balaban J connectivity index is 2.08. The Morgan fingerprint density at radius 2 is 1.29 bits per heavy atom. The molecule has 0 aliphatic carbocycles. The molecule has 0 spiro atoms. The highest BCUT2D eigenvalue weighted by atomic mass is 32.2. The first kappa shape index (κ1) is 25.5. The molecule has 0 unspecified atom stereocenters. The lowest BCUT2D eigenvalue weighted by Gasteiger charge is -2.14. The molecular weight excluding hydrogens is 465 g/mol. The number of carbonyl (C=O) groups is 1. The number of alkyl halides is 3. The van der Waals surface area contributed by atoms with Gasteiger partial charge < -0.3 is 14.9 Å². The van der Waals surface area contributed by atoms with Crippen LogP contribution >= 0.6 is 0 Å². The molecule has 3 aromatic carbocycles. The summed E-state index contributed by atoms with van der Waals surface area (Å²) in [5, 5.41) is 20.5. The van der Waals surface area contributed by atoms with E-state index in [4.69, 9.17) is 4.74 Å². The molecule has 3 rings (SSSR count). The molecule has 0 radical (unpaired) electrons. The number of aromatic hydroxyl groups is 2. The van der Waals surface area contributed by atoms with Crippen LogP contribution in [0.2, 0.25) is 0 Å². The van der Waals surface area contributed by atoms with Gasteiger partial charge in [0.1, 0.15) is 18.1 Å². The number of halogens is 3. The van der Waals surface area contributed by atoms with E-state index < -0.39 is 36.1 Å². The van der Waals surface area contributed by atoms with E-state index in [1.54, 1.807) is 39.8 Å². The van der Waals surface area contributed by atoms with Crippen molar-refractivity contribution in [3.8, 4) is 11.5 Å². The van der Waals surface area contributed by atoms with Crippen molar-refractivity contribution < 1.29 is 32.9 Å². The van der Waals surface area contributed by atoms with Crippen molar-refractivity contribution >= 4 is 16.9 Å². The second-order valence-corrected chi connectivity index (χ2v) is 10.2. The molecular formula is C26H26F3O4S+. The van der Waals surface area contributed by atoms with Crippen molar-refractivity contribution in [2.75, 3.05) is 6.61 Å². The molecule has 0 fully saturated rings. The molecule has 0 aromatic heterocycles. The van der Waals surface area contributed by atoms with E-state index in [1.165, 1.54) is 6.07 Å². The zero-order valence-corrected chi connectivity index (χ0v) is 20.1. The largest absolute Gasteiger partial charge is 0.507 e. The maximum Gasteiger partial charge on any atom is 0.392 e. The Labute approximate surface area is 199 Å². The highest BCUT2D eigenvalue weighted by Gasteiger charge is 2.32. The number of phenolic OH excluding ortho intramolecular Hbond substituents is 2. The van der Waals surface area contributed by atoms with Gasteiger partial charge in [0, 0.05) is 30.3 Å². The number of ether oxygens (including phenoxy) is 1. The van der Waals surface area contributed by atoms with Gasteiger partial charge in [-0.05, 0) is 62.1 Å². The number of esters is 1. The topological polar surface area (TPSA) is 66.8 Å². The minimum absolute atomic E-state index is 0.150. The van der Waals surface area contributed by atoms with Crippen molar-refractivity contribution in [3.05, 3.63) is 76.3 Å². The molecule has 0 bridgehead atoms. The zero-order valence-electron chi connectivity index (χ0n) is 19.3. The third-order valence-corrected chi connectivity index (χ3v) is 7.46. The van der Waals surface area contributed by atoms with Gasteiger partial charge in [-0.2, -0.15) is 13.2 Å². The summed E-state index contributed by atoms with van der Waals surface area (Å²) >= 11 is 0. The summed E-state index contributed by atoms with van der Waals surface area (Å²) in [5.41, 5.74) is 2.94. The molecule has 3 aromatic rings. The number of hydrogen-bond donors (Lipinski definition) is 2. The van der Waals surface area contributed by atoms with Crippen LogP contribution in [-0.2, 0) is 15.6 Å². The SMILES string of the molecule is Cc1cc([S+](c2cccc(C(=O)OCCC(F)(F)F)c2)c2cc(C)c(O)c(C)c2)cc(C)c1O. The summed E-state index contributed by atoms with van der Waals surface area (Å²) < 4.78 is 42.1. The summed E-state index contributed by atoms with van der Waals surface area (Å²) in [4.78, 5) is 15.0. The summed E-state index contributed by atoms with van der Waals surface area (Å²) in [6, 6.07) is 14.1. The number of phenols is 2. The minimum atomic E-state index is -4.40. The van der Waals surface area contributed by atoms with Crippen molar-refractivity contribution in [2.45, 2.75) is 55.0 Å². The maximum absolute atomic E-state index is 12.4. The van der Waals surface area contributed by atoms with E-state index in [-0.39, 0.29) is 17.1 Å². The lowest BCUT2D eigenvalue weighted by Crippen LogP contribution is -2.15. The fraction of sp³-hybridized carbons (Fsp3) is 0.269. The Kier molecular flexibility index (Phi) is 7.51. The Bertz CT molecular complexity index is 1120. The maximum atomic E-state index is 12.4. The van der Waals surface area contributed by atoms with Crippen LogP contribution in [0.15, 0.2) is 63.2 Å². The fourth-order valence-electron chi connectivity index (χ4n) is 3.57. The summed E-state index contributed by atoms with van der Waals surface area (Å²) in [7, 11) is -0.729. The number of benzene rings is 3. The van der Waals surface area contributed by atoms with Gasteiger partial charge in [-0.15, -0.1) is 0 Å². The Hall–Kier alpha value is -3.13. The molecule has 0 saturated carbocycles. The number of carbonyl (C=O) groups excluding carboxylic acids is 1. The highest BCUT2D eigenvalue weighted by Crippen LogP contribution is 2.38. The van der Waals surface area contributed by atoms with Crippen LogP contribution in [0.25, 0.3) is 0 Å². The van der Waals surface area contributed by atoms with Gasteiger partial charge in [0.15, 0.2) is 14.7 Å². The molecule has 0 saturated heterocycles. The van der Waals surface area contributed by atoms with Gasteiger partial charge in [0.25, 0.3) is 0 Å². The van der Waals surface area contributed by atoms with E-state index in [0.29, 0.717) is 22.3 Å². The van der Waals surface area contributed by atoms with E-state index in [9.17, 15) is 28.2 Å². The summed E-state index contributed by atoms with van der Waals surface area (Å²) in [6.07, 6.45) is -5.61. The zero-order chi connectivity index (χ0) is 25.2. The van der Waals surface area contributed by atoms with Gasteiger partial charge >= 0.3 is 12.1 Å². The van der Waals surface area contributed by atoms with Crippen molar-refractivity contribution in [1.82, 2.24) is 0 Å². The second kappa shape index (κ2) is 10.0. The predicted octanol–water partition coefficient (Wildman–Crippen LogP) is 6.54. The Morgan fingerprint density at radius 3 is 1.74 bits per heavy atom. The van der Waals surface area contributed by atoms with Gasteiger partial charge in [-0.3, -0.25) is 0 Å². The summed E-state index contributed by atoms with van der Waals surface area (Å²) in [5.74, 6) is -0.425. The monoisotopic (exact) mass is 491 g/mol. The van der Waals surface area contributed by atoms with Crippen molar-refractivity contribution in [2.24, 2.45) is 0 Å². The molecule has 0 heterocycles. The van der Waals surface area contributed by atoms with Crippen LogP contribution < -0.4 is 0 Å². The third-order valence-electron chi connectivity index (χ3n) is 5.32. The smallest absolute Gasteiger partial charge is 0.392 e. The average molecular weight is 492 g/mol. The van der Waals surface area contributed by atoms with E-state index in [1.807, 2.05) is 30.3 Å². The lowest BCUT2D eigenvalue weighted by atomic mass is 10.1.